The maximum Gasteiger partial charge on any atom is 0.446 e. The molecule has 0 saturated carbocycles. The molecule has 5 nitrogen and oxygen atoms in total. The van der Waals surface area contributed by atoms with Crippen LogP contribution in [0.5, 0.6) is 0 Å². The number of thioether (sulfide) groups is 1. The van der Waals surface area contributed by atoms with E-state index >= 15 is 0 Å². The lowest BCUT2D eigenvalue weighted by atomic mass is 10.1. The molecular weight excluding hydrogens is 560 g/mol. The molecule has 17 heteroatoms. The highest BCUT2D eigenvalue weighted by Crippen LogP contribution is 2.50. The van der Waals surface area contributed by atoms with Crippen molar-refractivity contribution in [1.29, 1.82) is 0 Å². The topological polar surface area (TPSA) is 82.8 Å². The van der Waals surface area contributed by atoms with Crippen LogP contribution in [0.2, 0.25) is 10.0 Å². The minimum atomic E-state index is -5.43. The summed E-state index contributed by atoms with van der Waals surface area (Å²) in [6.45, 7) is 1.38. The molecule has 0 bridgehead atoms. The number of alkyl halides is 9. The molecule has 3 aromatic rings. The first-order chi connectivity index (χ1) is 15.8. The molecule has 2 aromatic heterocycles. The van der Waals surface area contributed by atoms with Gasteiger partial charge >= 0.3 is 17.9 Å². The number of aryl methyl sites for hydroxylation is 1. The quantitative estimate of drug-likeness (QED) is 0.254. The normalized spacial score (nSPS) is 12.9. The van der Waals surface area contributed by atoms with Gasteiger partial charge in [0.05, 0.1) is 37.6 Å². The second-order valence-electron chi connectivity index (χ2n) is 6.87. The number of halogens is 11. The molecule has 4 N–H and O–H groups in total. The SMILES string of the molecule is Cc1nc(N)c(-c2c(SC(F)(F)F)c(C(F)(F)F)nn2-c2c(Cl)cc(C(F)(F)F)cc2Cl)cc1N. The van der Waals surface area contributed by atoms with Gasteiger partial charge in [-0.1, -0.05) is 23.2 Å². The Kier molecular flexibility index (Phi) is 6.85. The van der Waals surface area contributed by atoms with E-state index in [1.54, 1.807) is 0 Å². The molecule has 0 radical (unpaired) electrons. The number of nitrogen functional groups attached to an aromatic ring is 2. The monoisotopic (exact) mass is 569 g/mol. The van der Waals surface area contributed by atoms with Gasteiger partial charge < -0.3 is 11.5 Å². The first kappa shape index (κ1) is 27.1. The molecule has 0 spiro atoms. The van der Waals surface area contributed by atoms with E-state index in [-0.39, 0.29) is 16.1 Å². The molecule has 0 aliphatic heterocycles. The van der Waals surface area contributed by atoms with Crippen molar-refractivity contribution in [1.82, 2.24) is 14.8 Å². The van der Waals surface area contributed by atoms with Gasteiger partial charge in [0.2, 0.25) is 0 Å². The van der Waals surface area contributed by atoms with Crippen LogP contribution in [0.3, 0.4) is 0 Å². The Balaban J connectivity index is 2.51. The zero-order valence-electron chi connectivity index (χ0n) is 16.8. The Labute approximate surface area is 204 Å². The van der Waals surface area contributed by atoms with Crippen LogP contribution in [0.15, 0.2) is 23.1 Å². The summed E-state index contributed by atoms with van der Waals surface area (Å²) >= 11 is 10.7. The van der Waals surface area contributed by atoms with Crippen molar-refractivity contribution < 1.29 is 39.5 Å². The van der Waals surface area contributed by atoms with Crippen LogP contribution >= 0.6 is 35.0 Å². The van der Waals surface area contributed by atoms with Crippen LogP contribution in [0.25, 0.3) is 16.9 Å². The molecule has 0 fully saturated rings. The Morgan fingerprint density at radius 2 is 1.43 bits per heavy atom. The van der Waals surface area contributed by atoms with Crippen molar-refractivity contribution in [2.75, 3.05) is 11.5 Å². The lowest BCUT2D eigenvalue weighted by Crippen LogP contribution is -2.10. The standard InChI is InChI=1S/C18H10Cl2F9N5S/c1-5-10(30)4-7(15(31)32-5)11-13(35-18(27,28)29)14(17(24,25)26)33-34(11)12-8(19)2-6(3-9(12)20)16(21,22)23/h2-4H,30H2,1H3,(H2,31,32). The summed E-state index contributed by atoms with van der Waals surface area (Å²) in [5.41, 5.74) is 0.671. The number of rotatable bonds is 3. The number of nitrogens with zero attached hydrogens (tertiary/aromatic N) is 3. The van der Waals surface area contributed by atoms with E-state index in [0.29, 0.717) is 12.1 Å². The predicted molar refractivity (Wildman–Crippen MR) is 112 cm³/mol. The average molecular weight is 570 g/mol. The minimum Gasteiger partial charge on any atom is -0.397 e. The molecule has 0 aliphatic carbocycles. The van der Waals surface area contributed by atoms with Crippen molar-refractivity contribution >= 4 is 46.5 Å². The molecular formula is C18H10Cl2F9N5S. The van der Waals surface area contributed by atoms with Gasteiger partial charge in [0, 0.05) is 5.56 Å². The summed E-state index contributed by atoms with van der Waals surface area (Å²) in [4.78, 5) is 2.35. The van der Waals surface area contributed by atoms with Crippen LogP contribution in [0.4, 0.5) is 51.0 Å². The number of hydrogen-bond acceptors (Lipinski definition) is 5. The van der Waals surface area contributed by atoms with E-state index in [2.05, 4.69) is 10.1 Å². The number of pyridine rings is 1. The fourth-order valence-corrected chi connectivity index (χ4v) is 4.39. The third-order valence-corrected chi connectivity index (χ3v) is 5.82. The predicted octanol–water partition coefficient (Wildman–Crippen LogP) is 7.36. The van der Waals surface area contributed by atoms with Gasteiger partial charge in [0.15, 0.2) is 5.69 Å². The zero-order chi connectivity index (χ0) is 26.7. The molecule has 2 heterocycles. The Bertz CT molecular complexity index is 1280. The molecule has 0 unspecified atom stereocenters. The first-order valence-corrected chi connectivity index (χ1v) is 10.4. The van der Waals surface area contributed by atoms with Gasteiger partial charge in [0.25, 0.3) is 0 Å². The fourth-order valence-electron chi connectivity index (χ4n) is 2.96. The van der Waals surface area contributed by atoms with Crippen molar-refractivity contribution in [2.24, 2.45) is 0 Å². The highest BCUT2D eigenvalue weighted by molar-refractivity contribution is 8.00. The van der Waals surface area contributed by atoms with E-state index in [1.165, 1.54) is 6.92 Å². The van der Waals surface area contributed by atoms with Crippen molar-refractivity contribution in [3.63, 3.8) is 0 Å². The first-order valence-electron chi connectivity index (χ1n) is 8.86. The molecule has 1 aromatic carbocycles. The van der Waals surface area contributed by atoms with Crippen LogP contribution in [0, 0.1) is 6.92 Å². The smallest absolute Gasteiger partial charge is 0.397 e. The molecule has 0 aliphatic rings. The van der Waals surface area contributed by atoms with E-state index in [0.717, 1.165) is 6.07 Å². The van der Waals surface area contributed by atoms with Crippen molar-refractivity contribution in [2.45, 2.75) is 29.7 Å². The number of hydrogen-bond donors (Lipinski definition) is 2. The maximum absolute atomic E-state index is 13.8. The maximum atomic E-state index is 13.8. The van der Waals surface area contributed by atoms with E-state index in [4.69, 9.17) is 34.7 Å². The second kappa shape index (κ2) is 8.85. The van der Waals surface area contributed by atoms with Gasteiger partial charge in [-0.05, 0) is 36.9 Å². The third kappa shape index (κ3) is 5.51. The number of nitrogens with two attached hydrogens (primary N) is 2. The number of benzene rings is 1. The summed E-state index contributed by atoms with van der Waals surface area (Å²) in [7, 11) is 0. The van der Waals surface area contributed by atoms with Crippen LogP contribution in [-0.4, -0.2) is 20.3 Å². The largest absolute Gasteiger partial charge is 0.446 e. The highest BCUT2D eigenvalue weighted by atomic mass is 35.5. The third-order valence-electron chi connectivity index (χ3n) is 4.42. The molecule has 0 atom stereocenters. The molecule has 190 valence electrons. The van der Waals surface area contributed by atoms with Gasteiger partial charge in [-0.3, -0.25) is 0 Å². The highest BCUT2D eigenvalue weighted by Gasteiger charge is 2.45. The Hall–Kier alpha value is -2.52. The van der Waals surface area contributed by atoms with Crippen molar-refractivity contribution in [3.05, 3.63) is 45.2 Å². The zero-order valence-corrected chi connectivity index (χ0v) is 19.1. The van der Waals surface area contributed by atoms with Gasteiger partial charge in [0.1, 0.15) is 11.5 Å². The van der Waals surface area contributed by atoms with Gasteiger partial charge in [-0.15, -0.1) is 0 Å². The van der Waals surface area contributed by atoms with Crippen LogP contribution in [-0.2, 0) is 12.4 Å². The number of anilines is 2. The summed E-state index contributed by atoms with van der Waals surface area (Å²) in [5.74, 6) is -0.533. The Morgan fingerprint density at radius 3 is 1.89 bits per heavy atom. The van der Waals surface area contributed by atoms with E-state index in [9.17, 15) is 39.5 Å². The molecule has 3 rings (SSSR count). The van der Waals surface area contributed by atoms with E-state index < -0.39 is 78.6 Å². The summed E-state index contributed by atoms with van der Waals surface area (Å²) < 4.78 is 121. The summed E-state index contributed by atoms with van der Waals surface area (Å²) in [6.07, 6.45) is -10.4. The minimum absolute atomic E-state index is 0.115. The number of aromatic nitrogens is 3. The van der Waals surface area contributed by atoms with Gasteiger partial charge in [-0.25, -0.2) is 9.67 Å². The molecule has 0 saturated heterocycles. The second-order valence-corrected chi connectivity index (χ2v) is 8.76. The van der Waals surface area contributed by atoms with Crippen LogP contribution < -0.4 is 11.5 Å². The van der Waals surface area contributed by atoms with Crippen LogP contribution in [0.1, 0.15) is 17.0 Å². The van der Waals surface area contributed by atoms with E-state index in [1.807, 2.05) is 0 Å². The lowest BCUT2D eigenvalue weighted by Gasteiger charge is -2.17. The lowest BCUT2D eigenvalue weighted by molar-refractivity contribution is -0.143. The van der Waals surface area contributed by atoms with Gasteiger partial charge in [-0.2, -0.15) is 44.6 Å². The van der Waals surface area contributed by atoms with Crippen molar-refractivity contribution in [3.8, 4) is 16.9 Å². The summed E-state index contributed by atoms with van der Waals surface area (Å²) in [5, 5.41) is 1.52. The fraction of sp³-hybridized carbons (Fsp3) is 0.222. The Morgan fingerprint density at radius 1 is 0.886 bits per heavy atom. The molecule has 0 amide bonds. The molecule has 35 heavy (non-hydrogen) atoms. The average Bonchev–Trinajstić information content (AvgIpc) is 3.00. The summed E-state index contributed by atoms with van der Waals surface area (Å²) in [6, 6.07) is 1.63.